The minimum Gasteiger partial charge on any atom is -0.495 e. The van der Waals surface area contributed by atoms with Gasteiger partial charge in [-0.1, -0.05) is 0 Å². The summed E-state index contributed by atoms with van der Waals surface area (Å²) in [6.45, 7) is 0. The SMILES string of the molecule is COc1cnc(F)c(CC(=O)O)c1. The maximum atomic E-state index is 12.8. The van der Waals surface area contributed by atoms with Crippen LogP contribution in [0.15, 0.2) is 12.3 Å². The van der Waals surface area contributed by atoms with Gasteiger partial charge in [0.15, 0.2) is 0 Å². The third kappa shape index (κ3) is 2.40. The summed E-state index contributed by atoms with van der Waals surface area (Å²) in [6, 6.07) is 1.32. The smallest absolute Gasteiger partial charge is 0.307 e. The van der Waals surface area contributed by atoms with Gasteiger partial charge in [-0.2, -0.15) is 4.39 Å². The number of aromatic nitrogens is 1. The lowest BCUT2D eigenvalue weighted by molar-refractivity contribution is -0.136. The van der Waals surface area contributed by atoms with E-state index in [2.05, 4.69) is 4.98 Å². The second-order valence-corrected chi connectivity index (χ2v) is 2.40. The van der Waals surface area contributed by atoms with E-state index in [4.69, 9.17) is 9.84 Å². The molecule has 1 N–H and O–H groups in total. The highest BCUT2D eigenvalue weighted by Gasteiger charge is 2.08. The van der Waals surface area contributed by atoms with Crippen molar-refractivity contribution in [1.29, 1.82) is 0 Å². The van der Waals surface area contributed by atoms with Crippen LogP contribution in [-0.2, 0) is 11.2 Å². The summed E-state index contributed by atoms with van der Waals surface area (Å²) in [6.07, 6.45) is 0.802. The molecule has 0 amide bonds. The highest BCUT2D eigenvalue weighted by molar-refractivity contribution is 5.70. The van der Waals surface area contributed by atoms with Gasteiger partial charge >= 0.3 is 5.97 Å². The van der Waals surface area contributed by atoms with Gasteiger partial charge in [-0.25, -0.2) is 4.98 Å². The Bertz CT molecular complexity index is 327. The van der Waals surface area contributed by atoms with Gasteiger partial charge in [0.1, 0.15) is 5.75 Å². The molecule has 1 aromatic heterocycles. The minimum atomic E-state index is -1.10. The molecule has 0 aliphatic carbocycles. The predicted molar refractivity (Wildman–Crippen MR) is 42.1 cm³/mol. The van der Waals surface area contributed by atoms with Crippen molar-refractivity contribution in [2.24, 2.45) is 0 Å². The Morgan fingerprint density at radius 3 is 3.00 bits per heavy atom. The van der Waals surface area contributed by atoms with Gasteiger partial charge in [0.25, 0.3) is 0 Å². The molecule has 1 rings (SSSR count). The number of hydrogen-bond donors (Lipinski definition) is 1. The summed E-state index contributed by atoms with van der Waals surface area (Å²) < 4.78 is 17.6. The highest BCUT2D eigenvalue weighted by Crippen LogP contribution is 2.14. The molecule has 5 heteroatoms. The van der Waals surface area contributed by atoms with Gasteiger partial charge in [0.2, 0.25) is 5.95 Å². The van der Waals surface area contributed by atoms with Gasteiger partial charge in [0.05, 0.1) is 19.7 Å². The Balaban J connectivity index is 2.96. The molecule has 0 atom stereocenters. The fraction of sp³-hybridized carbons (Fsp3) is 0.250. The Hall–Kier alpha value is -1.65. The summed E-state index contributed by atoms with van der Waals surface area (Å²) in [4.78, 5) is 13.6. The monoisotopic (exact) mass is 185 g/mol. The summed E-state index contributed by atoms with van der Waals surface area (Å²) in [5.41, 5.74) is 0.0202. The molecule has 0 bridgehead atoms. The van der Waals surface area contributed by atoms with Gasteiger partial charge < -0.3 is 9.84 Å². The fourth-order valence-electron chi connectivity index (χ4n) is 0.870. The normalized spacial score (nSPS) is 9.69. The molecule has 70 valence electrons. The maximum absolute atomic E-state index is 12.8. The third-order valence-electron chi connectivity index (χ3n) is 1.46. The number of nitrogens with zero attached hydrogens (tertiary/aromatic N) is 1. The number of carboxylic acids is 1. The van der Waals surface area contributed by atoms with Crippen molar-refractivity contribution >= 4 is 5.97 Å². The molecule has 0 aliphatic heterocycles. The number of carbonyl (C=O) groups is 1. The molecule has 0 aromatic carbocycles. The van der Waals surface area contributed by atoms with E-state index in [1.165, 1.54) is 19.4 Å². The van der Waals surface area contributed by atoms with Crippen LogP contribution in [0.3, 0.4) is 0 Å². The Morgan fingerprint density at radius 1 is 1.77 bits per heavy atom. The van der Waals surface area contributed by atoms with Gasteiger partial charge in [-0.15, -0.1) is 0 Å². The molecule has 1 heterocycles. The zero-order valence-electron chi connectivity index (χ0n) is 6.95. The van der Waals surface area contributed by atoms with Crippen LogP contribution in [0.1, 0.15) is 5.56 Å². The molecule has 0 fully saturated rings. The van der Waals surface area contributed by atoms with Crippen LogP contribution in [-0.4, -0.2) is 23.2 Å². The molecular formula is C8H8FNO3. The van der Waals surface area contributed by atoms with Crippen LogP contribution in [0.5, 0.6) is 5.75 Å². The lowest BCUT2D eigenvalue weighted by atomic mass is 10.2. The number of halogens is 1. The first-order chi connectivity index (χ1) is 6.13. The van der Waals surface area contributed by atoms with Crippen molar-refractivity contribution in [2.45, 2.75) is 6.42 Å². The Labute approximate surface area is 74.0 Å². The largest absolute Gasteiger partial charge is 0.495 e. The fourth-order valence-corrected chi connectivity index (χ4v) is 0.870. The average molecular weight is 185 g/mol. The second-order valence-electron chi connectivity index (χ2n) is 2.40. The van der Waals surface area contributed by atoms with E-state index in [9.17, 15) is 9.18 Å². The summed E-state index contributed by atoms with van der Waals surface area (Å²) >= 11 is 0. The molecule has 13 heavy (non-hydrogen) atoms. The maximum Gasteiger partial charge on any atom is 0.307 e. The summed E-state index contributed by atoms with van der Waals surface area (Å²) in [7, 11) is 1.40. The number of ether oxygens (including phenoxy) is 1. The van der Waals surface area contributed by atoms with Crippen LogP contribution >= 0.6 is 0 Å². The molecule has 0 unspecified atom stereocenters. The first-order valence-corrected chi connectivity index (χ1v) is 3.53. The van der Waals surface area contributed by atoms with E-state index in [0.29, 0.717) is 5.75 Å². The lowest BCUT2D eigenvalue weighted by Crippen LogP contribution is -2.04. The molecule has 0 aliphatic rings. The molecule has 0 saturated carbocycles. The number of aliphatic carboxylic acids is 1. The highest BCUT2D eigenvalue weighted by atomic mass is 19.1. The van der Waals surface area contributed by atoms with Crippen molar-refractivity contribution in [2.75, 3.05) is 7.11 Å². The van der Waals surface area contributed by atoms with E-state index in [1.807, 2.05) is 0 Å². The lowest BCUT2D eigenvalue weighted by Gasteiger charge is -2.02. The van der Waals surface area contributed by atoms with E-state index in [-0.39, 0.29) is 5.56 Å². The van der Waals surface area contributed by atoms with Crippen molar-refractivity contribution in [3.63, 3.8) is 0 Å². The third-order valence-corrected chi connectivity index (χ3v) is 1.46. The molecule has 0 spiro atoms. The zero-order chi connectivity index (χ0) is 9.84. The van der Waals surface area contributed by atoms with E-state index in [1.54, 1.807) is 0 Å². The van der Waals surface area contributed by atoms with Gasteiger partial charge in [-0.05, 0) is 6.07 Å². The molecule has 1 aromatic rings. The van der Waals surface area contributed by atoms with E-state index >= 15 is 0 Å². The summed E-state index contributed by atoms with van der Waals surface area (Å²) in [5.74, 6) is -1.53. The zero-order valence-corrected chi connectivity index (χ0v) is 6.95. The van der Waals surface area contributed by atoms with Crippen LogP contribution in [0, 0.1) is 5.95 Å². The number of hydrogen-bond acceptors (Lipinski definition) is 3. The standard InChI is InChI=1S/C8H8FNO3/c1-13-6-2-5(3-7(11)12)8(9)10-4-6/h2,4H,3H2,1H3,(H,11,12). The average Bonchev–Trinajstić information content (AvgIpc) is 2.08. The van der Waals surface area contributed by atoms with Crippen molar-refractivity contribution in [1.82, 2.24) is 4.98 Å². The Kier molecular flexibility index (Phi) is 2.79. The van der Waals surface area contributed by atoms with Gasteiger partial charge in [-0.3, -0.25) is 4.79 Å². The van der Waals surface area contributed by atoms with Crippen molar-refractivity contribution < 1.29 is 19.0 Å². The quantitative estimate of drug-likeness (QED) is 0.709. The number of carboxylic acid groups (broad SMARTS) is 1. The first-order valence-electron chi connectivity index (χ1n) is 3.53. The van der Waals surface area contributed by atoms with E-state index in [0.717, 1.165) is 0 Å². The molecule has 0 radical (unpaired) electrons. The first kappa shape index (κ1) is 9.44. The topological polar surface area (TPSA) is 59.4 Å². The van der Waals surface area contributed by atoms with Gasteiger partial charge in [0, 0.05) is 5.56 Å². The molecule has 4 nitrogen and oxygen atoms in total. The Morgan fingerprint density at radius 2 is 2.46 bits per heavy atom. The van der Waals surface area contributed by atoms with Crippen molar-refractivity contribution in [3.05, 3.63) is 23.8 Å². The van der Waals surface area contributed by atoms with E-state index < -0.39 is 18.3 Å². The predicted octanol–water partition coefficient (Wildman–Crippen LogP) is 0.856. The van der Waals surface area contributed by atoms with Crippen molar-refractivity contribution in [3.8, 4) is 5.75 Å². The minimum absolute atomic E-state index is 0.0202. The second kappa shape index (κ2) is 3.84. The number of methoxy groups -OCH3 is 1. The number of rotatable bonds is 3. The van der Waals surface area contributed by atoms with Crippen LogP contribution in [0.4, 0.5) is 4.39 Å². The summed E-state index contributed by atoms with van der Waals surface area (Å²) in [5, 5.41) is 8.42. The number of pyridine rings is 1. The van der Waals surface area contributed by atoms with Crippen LogP contribution in [0.25, 0.3) is 0 Å². The van der Waals surface area contributed by atoms with Crippen LogP contribution in [0.2, 0.25) is 0 Å². The molecular weight excluding hydrogens is 177 g/mol. The molecule has 0 saturated heterocycles. The van der Waals surface area contributed by atoms with Crippen LogP contribution < -0.4 is 4.74 Å².